The molecule has 0 unspecified atom stereocenters. The first-order chi connectivity index (χ1) is 7.95. The molecule has 1 N–H and O–H groups in total. The van der Waals surface area contributed by atoms with E-state index in [0.717, 1.165) is 0 Å². The molecule has 0 saturated heterocycles. The normalized spacial score (nSPS) is 11.7. The van der Waals surface area contributed by atoms with Crippen LogP contribution in [-0.4, -0.2) is 20.9 Å². The van der Waals surface area contributed by atoms with Crippen molar-refractivity contribution in [2.45, 2.75) is 0 Å². The zero-order chi connectivity index (χ0) is 13.0. The second kappa shape index (κ2) is 5.91. The first-order valence-corrected chi connectivity index (χ1v) is 5.35. The molecule has 0 radical (unpaired) electrons. The highest BCUT2D eigenvalue weighted by Gasteiger charge is 2.24. The summed E-state index contributed by atoms with van der Waals surface area (Å²) < 4.78 is 0.230. The molecule has 0 atom stereocenters. The molecule has 90 valence electrons. The minimum Gasteiger partial charge on any atom is -0.477 e. The topological polar surface area (TPSA) is 57.6 Å². The van der Waals surface area contributed by atoms with Gasteiger partial charge in [-0.05, 0) is 5.56 Å². The van der Waals surface area contributed by atoms with Gasteiger partial charge in [-0.3, -0.25) is 4.79 Å². The van der Waals surface area contributed by atoms with Crippen molar-refractivity contribution >= 4 is 52.6 Å². The van der Waals surface area contributed by atoms with Crippen molar-refractivity contribution in [2.24, 2.45) is 0 Å². The summed E-state index contributed by atoms with van der Waals surface area (Å²) in [6.07, 6.45) is 0. The van der Waals surface area contributed by atoms with Crippen LogP contribution < -0.4 is 0 Å². The molecule has 7 heteroatoms. The molecule has 1 aromatic carbocycles. The van der Waals surface area contributed by atoms with Gasteiger partial charge in [0.2, 0.25) is 0 Å². The Bertz CT molecular complexity index is 471. The number of carbonyl (C=O) groups excluding carboxylic acids is 1. The van der Waals surface area contributed by atoms with E-state index in [-0.39, 0.29) is 9.51 Å². The van der Waals surface area contributed by atoms with Gasteiger partial charge >= 0.3 is 5.97 Å². The molecule has 0 aliphatic rings. The minimum absolute atomic E-state index is 0.230. The molecule has 4 nitrogen and oxygen atoms in total. The number of carbonyl (C=O) groups is 2. The third-order valence-electron chi connectivity index (χ3n) is 1.84. The molecular formula is C10H6Cl3NO3. The van der Waals surface area contributed by atoms with Crippen LogP contribution >= 0.6 is 35.2 Å². The molecular weight excluding hydrogens is 288 g/mol. The lowest BCUT2D eigenvalue weighted by Gasteiger charge is -2.09. The zero-order valence-electron chi connectivity index (χ0n) is 8.23. The Balaban J connectivity index is 3.37. The third kappa shape index (κ3) is 3.36. The SMILES string of the molecule is O=C(O)/C(Cl)=C(\C(=O)N(Cl)Cl)c1ccccc1. The molecule has 0 aliphatic heterocycles. The Kier molecular flexibility index (Phi) is 4.81. The molecule has 0 saturated carbocycles. The maximum atomic E-state index is 11.6. The number of hydrogen-bond acceptors (Lipinski definition) is 2. The van der Waals surface area contributed by atoms with Crippen molar-refractivity contribution in [3.8, 4) is 0 Å². The van der Waals surface area contributed by atoms with Crippen LogP contribution in [0.15, 0.2) is 35.4 Å². The van der Waals surface area contributed by atoms with Gasteiger partial charge in [0.1, 0.15) is 5.03 Å². The Morgan fingerprint density at radius 3 is 2.06 bits per heavy atom. The summed E-state index contributed by atoms with van der Waals surface area (Å²) in [4.78, 5) is 22.4. The number of nitrogens with zero attached hydrogens (tertiary/aromatic N) is 1. The highest BCUT2D eigenvalue weighted by atomic mass is 35.5. The van der Waals surface area contributed by atoms with Crippen LogP contribution in [-0.2, 0) is 9.59 Å². The van der Waals surface area contributed by atoms with Crippen molar-refractivity contribution in [1.29, 1.82) is 0 Å². The second-order valence-corrected chi connectivity index (χ2v) is 4.13. The molecule has 0 spiro atoms. The number of amides is 1. The monoisotopic (exact) mass is 293 g/mol. The van der Waals surface area contributed by atoms with Gasteiger partial charge in [-0.1, -0.05) is 41.9 Å². The fourth-order valence-corrected chi connectivity index (χ4v) is 1.50. The molecule has 0 fully saturated rings. The lowest BCUT2D eigenvalue weighted by molar-refractivity contribution is -0.132. The number of aliphatic carboxylic acids is 1. The lowest BCUT2D eigenvalue weighted by atomic mass is 10.1. The van der Waals surface area contributed by atoms with Crippen molar-refractivity contribution in [2.75, 3.05) is 0 Å². The molecule has 1 aromatic rings. The van der Waals surface area contributed by atoms with Gasteiger partial charge in [0.05, 0.1) is 5.57 Å². The van der Waals surface area contributed by atoms with Gasteiger partial charge in [0, 0.05) is 23.6 Å². The van der Waals surface area contributed by atoms with Crippen molar-refractivity contribution in [1.82, 2.24) is 3.94 Å². The summed E-state index contributed by atoms with van der Waals surface area (Å²) in [5.74, 6) is -2.35. The second-order valence-electron chi connectivity index (χ2n) is 2.90. The van der Waals surface area contributed by atoms with Gasteiger partial charge in [0.15, 0.2) is 0 Å². The van der Waals surface area contributed by atoms with E-state index in [1.165, 1.54) is 12.1 Å². The quantitative estimate of drug-likeness (QED) is 0.689. The number of hydrogen-bond donors (Lipinski definition) is 1. The van der Waals surface area contributed by atoms with Crippen LogP contribution in [0, 0.1) is 0 Å². The predicted octanol–water partition coefficient (Wildman–Crippen LogP) is 2.86. The van der Waals surface area contributed by atoms with Crippen LogP contribution in [0.3, 0.4) is 0 Å². The first-order valence-electron chi connectivity index (χ1n) is 4.29. The van der Waals surface area contributed by atoms with E-state index in [0.29, 0.717) is 5.56 Å². The van der Waals surface area contributed by atoms with Gasteiger partial charge in [-0.2, -0.15) is 3.94 Å². The Labute approximate surface area is 112 Å². The van der Waals surface area contributed by atoms with Crippen molar-refractivity contribution in [3.05, 3.63) is 40.9 Å². The van der Waals surface area contributed by atoms with E-state index < -0.39 is 16.9 Å². The molecule has 1 rings (SSSR count). The van der Waals surface area contributed by atoms with E-state index in [9.17, 15) is 9.59 Å². The van der Waals surface area contributed by atoms with Crippen LogP contribution in [0.5, 0.6) is 0 Å². The van der Waals surface area contributed by atoms with Crippen LogP contribution in [0.2, 0.25) is 0 Å². The Hall–Kier alpha value is -1.23. The van der Waals surface area contributed by atoms with Gasteiger partial charge < -0.3 is 5.11 Å². The third-order valence-corrected chi connectivity index (χ3v) is 2.49. The summed E-state index contributed by atoms with van der Waals surface area (Å²) >= 11 is 16.1. The molecule has 0 aromatic heterocycles. The van der Waals surface area contributed by atoms with Crippen molar-refractivity contribution in [3.63, 3.8) is 0 Å². The van der Waals surface area contributed by atoms with Gasteiger partial charge in [-0.15, -0.1) is 0 Å². The van der Waals surface area contributed by atoms with E-state index in [1.54, 1.807) is 18.2 Å². The summed E-state index contributed by atoms with van der Waals surface area (Å²) in [7, 11) is 0. The maximum Gasteiger partial charge on any atom is 0.348 e. The fraction of sp³-hybridized carbons (Fsp3) is 0. The highest BCUT2D eigenvalue weighted by Crippen LogP contribution is 2.25. The first kappa shape index (κ1) is 13.8. The van der Waals surface area contributed by atoms with Gasteiger partial charge in [0.25, 0.3) is 5.91 Å². The van der Waals surface area contributed by atoms with E-state index >= 15 is 0 Å². The summed E-state index contributed by atoms with van der Waals surface area (Å²) in [6.45, 7) is 0. The van der Waals surface area contributed by atoms with Crippen LogP contribution in [0.4, 0.5) is 0 Å². The molecule has 0 aliphatic carbocycles. The summed E-state index contributed by atoms with van der Waals surface area (Å²) in [5.41, 5.74) is 0.0426. The average Bonchev–Trinajstić information content (AvgIpc) is 2.30. The van der Waals surface area contributed by atoms with Gasteiger partial charge in [-0.25, -0.2) is 4.79 Å². The number of benzene rings is 1. The molecule has 0 bridgehead atoms. The van der Waals surface area contributed by atoms with Crippen molar-refractivity contribution < 1.29 is 14.7 Å². The number of carboxylic acid groups (broad SMARTS) is 1. The standard InChI is InChI=1S/C10H6Cl3NO3/c11-8(10(16)17)7(9(15)14(12)13)6-4-2-1-3-5-6/h1-5H,(H,16,17)/b8-7+. The predicted molar refractivity (Wildman–Crippen MR) is 65.4 cm³/mol. The highest BCUT2D eigenvalue weighted by molar-refractivity contribution is 6.53. The number of rotatable bonds is 3. The molecule has 0 heterocycles. The van der Waals surface area contributed by atoms with Crippen LogP contribution in [0.25, 0.3) is 5.57 Å². The maximum absolute atomic E-state index is 11.6. The van der Waals surface area contributed by atoms with Crippen LogP contribution in [0.1, 0.15) is 5.56 Å². The summed E-state index contributed by atoms with van der Waals surface area (Å²) in [6, 6.07) is 8.01. The van der Waals surface area contributed by atoms with E-state index in [4.69, 9.17) is 40.3 Å². The molecule has 17 heavy (non-hydrogen) atoms. The zero-order valence-corrected chi connectivity index (χ0v) is 10.5. The smallest absolute Gasteiger partial charge is 0.348 e. The average molecular weight is 295 g/mol. The minimum atomic E-state index is -1.44. The summed E-state index contributed by atoms with van der Waals surface area (Å²) in [5, 5.41) is 8.15. The van der Waals surface area contributed by atoms with E-state index in [1.807, 2.05) is 0 Å². The lowest BCUT2D eigenvalue weighted by Crippen LogP contribution is -2.16. The fourth-order valence-electron chi connectivity index (χ4n) is 1.14. The molecule has 1 amide bonds. The largest absolute Gasteiger partial charge is 0.477 e. The number of halogens is 3. The number of carboxylic acids is 1. The Morgan fingerprint density at radius 2 is 1.65 bits per heavy atom. The Morgan fingerprint density at radius 1 is 1.12 bits per heavy atom. The van der Waals surface area contributed by atoms with E-state index in [2.05, 4.69) is 0 Å².